The van der Waals surface area contributed by atoms with Crippen LogP contribution in [0.4, 0.5) is 0 Å². The summed E-state index contributed by atoms with van der Waals surface area (Å²) in [6, 6.07) is 5.96. The van der Waals surface area contributed by atoms with E-state index in [0.29, 0.717) is 12.0 Å². The van der Waals surface area contributed by atoms with Crippen LogP contribution in [0.25, 0.3) is 0 Å². The standard InChI is InChI=1S/C14H17BrN2O3/c1-2-11(18)6-7-12(13(16)19)17-14(20)9-4-3-5-10(15)8-9/h3-5,8,12H,2,6-7H2,1H3,(H2,16,19)(H,17,20)/t12-/m0/s1. The van der Waals surface area contributed by atoms with E-state index in [1.54, 1.807) is 31.2 Å². The molecule has 0 saturated carbocycles. The van der Waals surface area contributed by atoms with Gasteiger partial charge in [0, 0.05) is 22.9 Å². The quantitative estimate of drug-likeness (QED) is 0.792. The monoisotopic (exact) mass is 340 g/mol. The van der Waals surface area contributed by atoms with E-state index in [1.807, 2.05) is 0 Å². The lowest BCUT2D eigenvalue weighted by molar-refractivity contribution is -0.121. The van der Waals surface area contributed by atoms with Gasteiger partial charge in [-0.15, -0.1) is 0 Å². The molecule has 0 aromatic heterocycles. The van der Waals surface area contributed by atoms with E-state index in [-0.39, 0.29) is 24.5 Å². The van der Waals surface area contributed by atoms with E-state index >= 15 is 0 Å². The third-order valence-electron chi connectivity index (χ3n) is 2.84. The Morgan fingerprint density at radius 3 is 2.60 bits per heavy atom. The molecule has 1 rings (SSSR count). The van der Waals surface area contributed by atoms with Crippen LogP contribution in [0.2, 0.25) is 0 Å². The molecule has 5 nitrogen and oxygen atoms in total. The Balaban J connectivity index is 2.68. The SMILES string of the molecule is CCC(=O)CC[C@H](NC(=O)c1cccc(Br)c1)C(N)=O. The molecule has 0 aliphatic carbocycles. The molecule has 20 heavy (non-hydrogen) atoms. The first-order chi connectivity index (χ1) is 9.43. The molecule has 2 amide bonds. The number of amides is 2. The minimum atomic E-state index is -0.836. The highest BCUT2D eigenvalue weighted by molar-refractivity contribution is 9.10. The smallest absolute Gasteiger partial charge is 0.251 e. The summed E-state index contributed by atoms with van der Waals surface area (Å²) in [5.74, 6) is -0.996. The fourth-order valence-corrected chi connectivity index (χ4v) is 2.04. The van der Waals surface area contributed by atoms with Gasteiger partial charge in [-0.3, -0.25) is 14.4 Å². The summed E-state index contributed by atoms with van der Waals surface area (Å²) in [6.07, 6.45) is 0.857. The fraction of sp³-hybridized carbons (Fsp3) is 0.357. The van der Waals surface area contributed by atoms with Gasteiger partial charge in [0.1, 0.15) is 11.8 Å². The average molecular weight is 341 g/mol. The normalized spacial score (nSPS) is 11.7. The molecule has 1 aromatic carbocycles. The number of nitrogens with two attached hydrogens (primary N) is 1. The van der Waals surface area contributed by atoms with Crippen LogP contribution in [-0.4, -0.2) is 23.6 Å². The van der Waals surface area contributed by atoms with E-state index < -0.39 is 11.9 Å². The van der Waals surface area contributed by atoms with Gasteiger partial charge >= 0.3 is 0 Å². The second-order valence-electron chi connectivity index (χ2n) is 4.37. The van der Waals surface area contributed by atoms with Crippen LogP contribution in [0.3, 0.4) is 0 Å². The zero-order chi connectivity index (χ0) is 15.1. The number of hydrogen-bond donors (Lipinski definition) is 2. The molecule has 0 aliphatic heterocycles. The molecule has 108 valence electrons. The summed E-state index contributed by atoms with van der Waals surface area (Å²) in [5, 5.41) is 2.55. The predicted molar refractivity (Wildman–Crippen MR) is 79.1 cm³/mol. The first-order valence-corrected chi connectivity index (χ1v) is 7.10. The van der Waals surface area contributed by atoms with Crippen molar-refractivity contribution in [3.8, 4) is 0 Å². The van der Waals surface area contributed by atoms with Gasteiger partial charge in [0.05, 0.1) is 0 Å². The number of hydrogen-bond acceptors (Lipinski definition) is 3. The van der Waals surface area contributed by atoms with E-state index in [0.717, 1.165) is 4.47 Å². The molecule has 0 saturated heterocycles. The number of ketones is 1. The van der Waals surface area contributed by atoms with Gasteiger partial charge in [0.25, 0.3) is 5.91 Å². The van der Waals surface area contributed by atoms with Gasteiger partial charge in [-0.05, 0) is 24.6 Å². The van der Waals surface area contributed by atoms with E-state index in [4.69, 9.17) is 5.73 Å². The molecule has 0 fully saturated rings. The fourth-order valence-electron chi connectivity index (χ4n) is 1.64. The molecule has 3 N–H and O–H groups in total. The van der Waals surface area contributed by atoms with Crippen LogP contribution in [0.1, 0.15) is 36.5 Å². The Labute approximate surface area is 126 Å². The van der Waals surface area contributed by atoms with Crippen molar-refractivity contribution in [1.29, 1.82) is 0 Å². The minimum Gasteiger partial charge on any atom is -0.368 e. The molecular weight excluding hydrogens is 324 g/mol. The third-order valence-corrected chi connectivity index (χ3v) is 3.34. The summed E-state index contributed by atoms with van der Waals surface area (Å²) in [4.78, 5) is 34.6. The molecular formula is C14H17BrN2O3. The van der Waals surface area contributed by atoms with Crippen molar-refractivity contribution in [2.75, 3.05) is 0 Å². The second-order valence-corrected chi connectivity index (χ2v) is 5.29. The lowest BCUT2D eigenvalue weighted by Gasteiger charge is -2.15. The Kier molecular flexibility index (Phi) is 6.38. The highest BCUT2D eigenvalue weighted by Crippen LogP contribution is 2.12. The van der Waals surface area contributed by atoms with Crippen molar-refractivity contribution < 1.29 is 14.4 Å². The van der Waals surface area contributed by atoms with Gasteiger partial charge in [-0.1, -0.05) is 28.9 Å². The number of carbonyl (C=O) groups is 3. The molecule has 1 atom stereocenters. The molecule has 0 spiro atoms. The number of benzene rings is 1. The Morgan fingerprint density at radius 1 is 1.35 bits per heavy atom. The van der Waals surface area contributed by atoms with Crippen molar-refractivity contribution in [3.05, 3.63) is 34.3 Å². The molecule has 0 bridgehead atoms. The van der Waals surface area contributed by atoms with Crippen LogP contribution < -0.4 is 11.1 Å². The van der Waals surface area contributed by atoms with Crippen LogP contribution >= 0.6 is 15.9 Å². The van der Waals surface area contributed by atoms with Gasteiger partial charge in [-0.25, -0.2) is 0 Å². The number of nitrogens with one attached hydrogen (secondary N) is 1. The lowest BCUT2D eigenvalue weighted by Crippen LogP contribution is -2.44. The molecule has 0 aliphatic rings. The summed E-state index contributed by atoms with van der Waals surface area (Å²) < 4.78 is 0.766. The first kappa shape index (κ1) is 16.4. The topological polar surface area (TPSA) is 89.3 Å². The maximum absolute atomic E-state index is 12.0. The number of rotatable bonds is 7. The maximum Gasteiger partial charge on any atom is 0.251 e. The zero-order valence-corrected chi connectivity index (χ0v) is 12.8. The maximum atomic E-state index is 12.0. The molecule has 0 heterocycles. The minimum absolute atomic E-state index is 0.0351. The van der Waals surface area contributed by atoms with Crippen molar-refractivity contribution in [3.63, 3.8) is 0 Å². The Hall–Kier alpha value is -1.69. The zero-order valence-electron chi connectivity index (χ0n) is 11.2. The summed E-state index contributed by atoms with van der Waals surface area (Å²) in [6.45, 7) is 1.75. The van der Waals surface area contributed by atoms with Crippen molar-refractivity contribution in [2.24, 2.45) is 5.73 Å². The number of Topliss-reactive ketones (excluding diaryl/α,β-unsaturated/α-hetero) is 1. The molecule has 0 unspecified atom stereocenters. The van der Waals surface area contributed by atoms with Crippen LogP contribution in [0.5, 0.6) is 0 Å². The molecule has 0 radical (unpaired) electrons. The van der Waals surface area contributed by atoms with Crippen molar-refractivity contribution in [2.45, 2.75) is 32.2 Å². The first-order valence-electron chi connectivity index (χ1n) is 6.31. The number of halogens is 1. The largest absolute Gasteiger partial charge is 0.368 e. The van der Waals surface area contributed by atoms with Gasteiger partial charge < -0.3 is 11.1 Å². The molecule has 6 heteroatoms. The Bertz CT molecular complexity index is 517. The summed E-state index contributed by atoms with van der Waals surface area (Å²) >= 11 is 3.27. The van der Waals surface area contributed by atoms with Crippen LogP contribution in [0, 0.1) is 0 Å². The Morgan fingerprint density at radius 2 is 2.05 bits per heavy atom. The number of carbonyl (C=O) groups excluding carboxylic acids is 3. The van der Waals surface area contributed by atoms with Crippen LogP contribution in [-0.2, 0) is 9.59 Å². The van der Waals surface area contributed by atoms with Gasteiger partial charge in [0.15, 0.2) is 0 Å². The summed E-state index contributed by atoms with van der Waals surface area (Å²) in [5.41, 5.74) is 5.67. The highest BCUT2D eigenvalue weighted by Gasteiger charge is 2.19. The van der Waals surface area contributed by atoms with Gasteiger partial charge in [-0.2, -0.15) is 0 Å². The van der Waals surface area contributed by atoms with E-state index in [9.17, 15) is 14.4 Å². The van der Waals surface area contributed by atoms with E-state index in [1.165, 1.54) is 0 Å². The average Bonchev–Trinajstić information content (AvgIpc) is 2.42. The highest BCUT2D eigenvalue weighted by atomic mass is 79.9. The molecule has 1 aromatic rings. The van der Waals surface area contributed by atoms with Gasteiger partial charge in [0.2, 0.25) is 5.91 Å². The van der Waals surface area contributed by atoms with Crippen molar-refractivity contribution >= 4 is 33.5 Å². The predicted octanol–water partition coefficient (Wildman–Crippen LogP) is 1.79. The second kappa shape index (κ2) is 7.79. The summed E-state index contributed by atoms with van der Waals surface area (Å²) in [7, 11) is 0. The van der Waals surface area contributed by atoms with Crippen LogP contribution in [0.15, 0.2) is 28.7 Å². The lowest BCUT2D eigenvalue weighted by atomic mass is 10.1. The third kappa shape index (κ3) is 5.13. The number of primary amides is 1. The van der Waals surface area contributed by atoms with Crippen molar-refractivity contribution in [1.82, 2.24) is 5.32 Å². The van der Waals surface area contributed by atoms with E-state index in [2.05, 4.69) is 21.2 Å².